The molecule has 0 spiro atoms. The predicted molar refractivity (Wildman–Crippen MR) is 186 cm³/mol. The summed E-state index contributed by atoms with van der Waals surface area (Å²) in [5.74, 6) is 0.208. The Morgan fingerprint density at radius 1 is 1.06 bits per heavy atom. The van der Waals surface area contributed by atoms with Gasteiger partial charge in [-0.25, -0.2) is 13.5 Å². The number of benzene rings is 1. The van der Waals surface area contributed by atoms with E-state index in [2.05, 4.69) is 36.7 Å². The molecular weight excluding hydrogens is 656 g/mol. The van der Waals surface area contributed by atoms with Crippen LogP contribution < -0.4 is 31.9 Å². The molecule has 14 nitrogen and oxygen atoms in total. The van der Waals surface area contributed by atoms with Crippen LogP contribution >= 0.6 is 11.8 Å². The van der Waals surface area contributed by atoms with E-state index < -0.39 is 17.7 Å². The highest BCUT2D eigenvalue weighted by Gasteiger charge is 2.29. The summed E-state index contributed by atoms with van der Waals surface area (Å²) in [6.45, 7) is 6.53. The fourth-order valence-electron chi connectivity index (χ4n) is 5.47. The molecule has 2 aliphatic rings. The Morgan fingerprint density at radius 2 is 1.78 bits per heavy atom. The number of hydrogen-bond acceptors (Lipinski definition) is 12. The maximum atomic E-state index is 13.6. The van der Waals surface area contributed by atoms with Crippen LogP contribution in [-0.4, -0.2) is 120 Å². The highest BCUT2D eigenvalue weighted by Crippen LogP contribution is 2.24. The molecule has 4 heterocycles. The second kappa shape index (κ2) is 16.9. The zero-order valence-corrected chi connectivity index (χ0v) is 28.5. The van der Waals surface area contributed by atoms with Crippen molar-refractivity contribution >= 4 is 47.1 Å². The van der Waals surface area contributed by atoms with Crippen molar-refractivity contribution in [1.82, 2.24) is 35.3 Å². The number of ether oxygens (including phenoxy) is 1. The molecule has 6 N–H and O–H groups in total. The molecule has 49 heavy (non-hydrogen) atoms. The first-order valence-electron chi connectivity index (χ1n) is 16.0. The van der Waals surface area contributed by atoms with Crippen LogP contribution in [0.4, 0.5) is 26.2 Å². The molecule has 0 bridgehead atoms. The van der Waals surface area contributed by atoms with Crippen molar-refractivity contribution in [1.29, 1.82) is 0 Å². The molecule has 2 aromatic heterocycles. The van der Waals surface area contributed by atoms with E-state index in [4.69, 9.17) is 16.2 Å². The number of amides is 2. The van der Waals surface area contributed by atoms with E-state index in [0.29, 0.717) is 49.9 Å². The maximum absolute atomic E-state index is 13.6. The molecule has 2 saturated heterocycles. The Bertz CT molecular complexity index is 1610. The summed E-state index contributed by atoms with van der Waals surface area (Å²) >= 11 is 1.61. The van der Waals surface area contributed by atoms with Crippen LogP contribution in [0.3, 0.4) is 0 Å². The first-order chi connectivity index (χ1) is 23.6. The fourth-order valence-corrected chi connectivity index (χ4v) is 5.96. The molecule has 2 amide bonds. The Labute approximate surface area is 288 Å². The molecule has 1 atom stereocenters. The van der Waals surface area contributed by atoms with Crippen molar-refractivity contribution in [3.63, 3.8) is 0 Å². The molecular formula is C32H43F2N11O3S. The number of nitrogens with one attached hydrogen (secondary N) is 2. The molecule has 3 aromatic rings. The number of nitrogens with zero attached hydrogens (tertiary/aromatic N) is 7. The molecule has 2 fully saturated rings. The third-order valence-electron chi connectivity index (χ3n) is 8.38. The second-order valence-corrected chi connectivity index (χ2v) is 12.9. The van der Waals surface area contributed by atoms with Gasteiger partial charge in [0.15, 0.2) is 5.82 Å². The van der Waals surface area contributed by atoms with Crippen LogP contribution in [0.25, 0.3) is 11.9 Å². The van der Waals surface area contributed by atoms with Crippen molar-refractivity contribution in [3.8, 4) is 5.82 Å². The van der Waals surface area contributed by atoms with Crippen LogP contribution in [0.1, 0.15) is 17.7 Å². The van der Waals surface area contributed by atoms with Crippen molar-refractivity contribution < 1.29 is 23.1 Å². The molecule has 5 rings (SSSR count). The number of carbonyl (C=O) groups excluding carboxylic acids is 2. The van der Waals surface area contributed by atoms with Gasteiger partial charge < -0.3 is 36.6 Å². The van der Waals surface area contributed by atoms with Crippen molar-refractivity contribution in [2.75, 3.05) is 86.6 Å². The number of carbonyl (C=O) groups is 2. The first kappa shape index (κ1) is 36.0. The molecule has 1 aromatic carbocycles. The Morgan fingerprint density at radius 3 is 2.49 bits per heavy atom. The summed E-state index contributed by atoms with van der Waals surface area (Å²) < 4.78 is 34.7. The average Bonchev–Trinajstić information content (AvgIpc) is 3.42. The van der Waals surface area contributed by atoms with Gasteiger partial charge in [0.25, 0.3) is 0 Å². The Hall–Kier alpha value is -4.32. The van der Waals surface area contributed by atoms with E-state index in [1.54, 1.807) is 22.6 Å². The number of rotatable bonds is 15. The van der Waals surface area contributed by atoms with Gasteiger partial charge in [0.2, 0.25) is 17.8 Å². The zero-order chi connectivity index (χ0) is 34.9. The molecule has 0 saturated carbocycles. The fraction of sp³-hybridized carbons (Fsp3) is 0.469. The van der Waals surface area contributed by atoms with Gasteiger partial charge in [-0.1, -0.05) is 12.2 Å². The number of thioether (sulfide) groups is 1. The normalized spacial score (nSPS) is 16.2. The summed E-state index contributed by atoms with van der Waals surface area (Å²) in [4.78, 5) is 39.1. The number of piperazine rings is 1. The van der Waals surface area contributed by atoms with Crippen molar-refractivity contribution in [2.24, 2.45) is 5.73 Å². The van der Waals surface area contributed by atoms with Gasteiger partial charge in [-0.2, -0.15) is 26.8 Å². The highest BCUT2D eigenvalue weighted by molar-refractivity contribution is 7.98. The minimum atomic E-state index is -0.639. The lowest BCUT2D eigenvalue weighted by Gasteiger charge is -2.39. The van der Waals surface area contributed by atoms with Gasteiger partial charge in [-0.15, -0.1) is 0 Å². The topological polar surface area (TPSA) is 173 Å². The molecule has 0 radical (unpaired) electrons. The van der Waals surface area contributed by atoms with E-state index in [1.165, 1.54) is 12.1 Å². The van der Waals surface area contributed by atoms with Crippen molar-refractivity contribution in [3.05, 3.63) is 59.4 Å². The lowest BCUT2D eigenvalue weighted by Crippen LogP contribution is -2.54. The van der Waals surface area contributed by atoms with E-state index >= 15 is 0 Å². The van der Waals surface area contributed by atoms with Gasteiger partial charge in [0.05, 0.1) is 30.6 Å². The molecule has 0 unspecified atom stereocenters. The number of nitrogen functional groups attached to an aromatic ring is 1. The molecule has 2 aliphatic heterocycles. The van der Waals surface area contributed by atoms with E-state index in [-0.39, 0.29) is 37.1 Å². The zero-order valence-electron chi connectivity index (χ0n) is 27.6. The predicted octanol–water partition coefficient (Wildman–Crippen LogP) is 1.14. The van der Waals surface area contributed by atoms with E-state index in [1.807, 2.05) is 35.1 Å². The number of halogens is 2. The Balaban J connectivity index is 1.05. The van der Waals surface area contributed by atoms with Crippen LogP contribution in [0.2, 0.25) is 0 Å². The standard InChI is InChI=1S/C32H43F2N11O3S/c1-21-22(4-3-6-42-7-9-43(10-8-42)25-13-23(33)12-24(34)14-25)16-39-45(21)29-15-28(40-32(36)41-29)44-18-26(19-44)48-20-38-30(46)17-37-31(47)27(35)5-11-49-2/h3-4,12-16,26-27H,5-11,17-20,35H2,1-2H3,(H,37,47)(H,38,46)(H2,36,40,41)/b4-3+/t27-/m0/s1. The van der Waals surface area contributed by atoms with Crippen LogP contribution in [-0.2, 0) is 14.3 Å². The average molecular weight is 700 g/mol. The molecule has 264 valence electrons. The monoisotopic (exact) mass is 699 g/mol. The van der Waals surface area contributed by atoms with Gasteiger partial charge in [0.1, 0.15) is 24.2 Å². The lowest BCUT2D eigenvalue weighted by molar-refractivity contribution is -0.128. The Kier molecular flexibility index (Phi) is 12.4. The second-order valence-electron chi connectivity index (χ2n) is 11.9. The van der Waals surface area contributed by atoms with Crippen LogP contribution in [0.15, 0.2) is 36.5 Å². The summed E-state index contributed by atoms with van der Waals surface area (Å²) in [5.41, 5.74) is 14.3. The summed E-state index contributed by atoms with van der Waals surface area (Å²) in [6, 6.07) is 4.80. The van der Waals surface area contributed by atoms with Crippen molar-refractivity contribution in [2.45, 2.75) is 25.5 Å². The third kappa shape index (κ3) is 9.87. The minimum Gasteiger partial charge on any atom is -0.369 e. The number of nitrogens with two attached hydrogens (primary N) is 2. The lowest BCUT2D eigenvalue weighted by atomic mass is 10.1. The van der Waals surface area contributed by atoms with Crippen LogP contribution in [0, 0.1) is 18.6 Å². The van der Waals surface area contributed by atoms with Gasteiger partial charge in [-0.05, 0) is 37.5 Å². The summed E-state index contributed by atoms with van der Waals surface area (Å²) in [6.07, 6.45) is 8.23. The number of anilines is 3. The van der Waals surface area contributed by atoms with E-state index in [0.717, 1.165) is 42.7 Å². The van der Waals surface area contributed by atoms with E-state index in [9.17, 15) is 18.4 Å². The quantitative estimate of drug-likeness (QED) is 0.167. The largest absolute Gasteiger partial charge is 0.369 e. The number of aromatic nitrogens is 4. The maximum Gasteiger partial charge on any atom is 0.241 e. The van der Waals surface area contributed by atoms with Gasteiger partial charge in [-0.3, -0.25) is 14.5 Å². The SMILES string of the molecule is CSCC[C@H](N)C(=O)NCC(=O)NCOC1CN(c2cc(-n3ncc(/C=C/CN4CCN(c5cc(F)cc(F)c5)CC4)c3C)nc(N)n2)C1. The number of hydrogen-bond donors (Lipinski definition) is 4. The van der Waals surface area contributed by atoms with Crippen LogP contribution in [0.5, 0.6) is 0 Å². The highest BCUT2D eigenvalue weighted by atomic mass is 32.2. The molecule has 17 heteroatoms. The molecule has 0 aliphatic carbocycles. The summed E-state index contributed by atoms with van der Waals surface area (Å²) in [5, 5.41) is 9.71. The van der Waals surface area contributed by atoms with Gasteiger partial charge in [0, 0.05) is 69.2 Å². The minimum absolute atomic E-state index is 0.0119. The van der Waals surface area contributed by atoms with Gasteiger partial charge >= 0.3 is 0 Å². The third-order valence-corrected chi connectivity index (χ3v) is 9.02. The summed E-state index contributed by atoms with van der Waals surface area (Å²) in [7, 11) is 0. The smallest absolute Gasteiger partial charge is 0.241 e. The first-order valence-corrected chi connectivity index (χ1v) is 17.4.